The van der Waals surface area contributed by atoms with Crippen molar-refractivity contribution in [2.45, 2.75) is 39.4 Å². The Kier molecular flexibility index (Phi) is 6.06. The molecule has 0 bridgehead atoms. The smallest absolute Gasteiger partial charge is 0.323 e. The van der Waals surface area contributed by atoms with Crippen molar-refractivity contribution in [3.8, 4) is 0 Å². The molecule has 3 aromatic heterocycles. The number of anilines is 1. The number of amides is 1. The SMILES string of the molecule is Cc1nc2nc(C(F)(F)F)nn2c(C)c1CCC(=O)Nc1cnn(CCN(C)C)c1. The summed E-state index contributed by atoms with van der Waals surface area (Å²) >= 11 is 0. The van der Waals surface area contributed by atoms with Crippen LogP contribution < -0.4 is 5.32 Å². The molecule has 3 heterocycles. The second kappa shape index (κ2) is 8.38. The largest absolute Gasteiger partial charge is 0.453 e. The molecule has 0 aliphatic heterocycles. The Morgan fingerprint density at radius 1 is 1.23 bits per heavy atom. The van der Waals surface area contributed by atoms with E-state index in [4.69, 9.17) is 0 Å². The normalized spacial score (nSPS) is 12.1. The van der Waals surface area contributed by atoms with Crippen molar-refractivity contribution in [1.29, 1.82) is 0 Å². The first-order valence-corrected chi connectivity index (χ1v) is 9.31. The highest BCUT2D eigenvalue weighted by molar-refractivity contribution is 5.90. The molecule has 12 heteroatoms. The topological polar surface area (TPSA) is 93.2 Å². The summed E-state index contributed by atoms with van der Waals surface area (Å²) in [4.78, 5) is 21.9. The van der Waals surface area contributed by atoms with Gasteiger partial charge in [0.2, 0.25) is 5.91 Å². The predicted octanol–water partition coefficient (Wildman–Crippen LogP) is 2.09. The fraction of sp³-hybridized carbons (Fsp3) is 0.500. The van der Waals surface area contributed by atoms with Crippen LogP contribution in [0, 0.1) is 13.8 Å². The molecule has 30 heavy (non-hydrogen) atoms. The van der Waals surface area contributed by atoms with Crippen LogP contribution in [0.1, 0.15) is 29.2 Å². The van der Waals surface area contributed by atoms with E-state index in [9.17, 15) is 18.0 Å². The van der Waals surface area contributed by atoms with Gasteiger partial charge in [0.25, 0.3) is 11.6 Å². The van der Waals surface area contributed by atoms with E-state index in [-0.39, 0.29) is 18.1 Å². The Morgan fingerprint density at radius 3 is 2.63 bits per heavy atom. The lowest BCUT2D eigenvalue weighted by Gasteiger charge is -2.10. The Morgan fingerprint density at radius 2 is 1.97 bits per heavy atom. The number of carbonyl (C=O) groups excluding carboxylic acids is 1. The average Bonchev–Trinajstić information content (AvgIpc) is 3.26. The number of carbonyl (C=O) groups is 1. The van der Waals surface area contributed by atoms with Crippen LogP contribution in [0.3, 0.4) is 0 Å². The van der Waals surface area contributed by atoms with Gasteiger partial charge in [-0.1, -0.05) is 0 Å². The van der Waals surface area contributed by atoms with Crippen LogP contribution in [0.5, 0.6) is 0 Å². The number of rotatable bonds is 7. The number of hydrogen-bond donors (Lipinski definition) is 1. The second-order valence-corrected chi connectivity index (χ2v) is 7.25. The monoisotopic (exact) mass is 424 g/mol. The second-order valence-electron chi connectivity index (χ2n) is 7.25. The van der Waals surface area contributed by atoms with Gasteiger partial charge < -0.3 is 10.2 Å². The van der Waals surface area contributed by atoms with Gasteiger partial charge in [-0.15, -0.1) is 5.10 Å². The van der Waals surface area contributed by atoms with Gasteiger partial charge >= 0.3 is 6.18 Å². The Balaban J connectivity index is 1.67. The van der Waals surface area contributed by atoms with Gasteiger partial charge in [0, 0.05) is 30.6 Å². The molecule has 0 fully saturated rings. The molecular weight excluding hydrogens is 401 g/mol. The molecule has 3 rings (SSSR count). The van der Waals surface area contributed by atoms with Crippen molar-refractivity contribution in [2.75, 3.05) is 26.0 Å². The minimum Gasteiger partial charge on any atom is -0.323 e. The third-order valence-electron chi connectivity index (χ3n) is 4.60. The molecule has 0 saturated heterocycles. The van der Waals surface area contributed by atoms with Gasteiger partial charge in [-0.25, -0.2) is 9.50 Å². The molecule has 9 nitrogen and oxygen atoms in total. The summed E-state index contributed by atoms with van der Waals surface area (Å²) in [5, 5.41) is 10.5. The first kappa shape index (κ1) is 21.7. The van der Waals surface area contributed by atoms with E-state index in [1.807, 2.05) is 19.0 Å². The number of likely N-dealkylation sites (N-methyl/N-ethyl adjacent to an activating group) is 1. The quantitative estimate of drug-likeness (QED) is 0.624. The fourth-order valence-electron chi connectivity index (χ4n) is 3.01. The molecule has 3 aromatic rings. The van der Waals surface area contributed by atoms with E-state index < -0.39 is 12.0 Å². The number of aryl methyl sites for hydroxylation is 2. The Labute approximate surface area is 170 Å². The summed E-state index contributed by atoms with van der Waals surface area (Å²) in [5.74, 6) is -1.58. The molecular formula is C18H23F3N8O. The molecule has 1 amide bonds. The number of nitrogens with zero attached hydrogens (tertiary/aromatic N) is 7. The summed E-state index contributed by atoms with van der Waals surface area (Å²) in [6, 6.07) is 0. The molecule has 0 aliphatic carbocycles. The van der Waals surface area contributed by atoms with E-state index in [1.165, 1.54) is 0 Å². The Bertz CT molecular complexity index is 1050. The lowest BCUT2D eigenvalue weighted by Crippen LogP contribution is -2.18. The molecule has 0 aromatic carbocycles. The third kappa shape index (κ3) is 4.93. The van der Waals surface area contributed by atoms with Crippen LogP contribution in [0.2, 0.25) is 0 Å². The number of aromatic nitrogens is 6. The van der Waals surface area contributed by atoms with Crippen molar-refractivity contribution in [1.82, 2.24) is 34.3 Å². The third-order valence-corrected chi connectivity index (χ3v) is 4.60. The van der Waals surface area contributed by atoms with Crippen molar-refractivity contribution in [2.24, 2.45) is 0 Å². The van der Waals surface area contributed by atoms with Gasteiger partial charge in [-0.3, -0.25) is 9.48 Å². The fourth-order valence-corrected chi connectivity index (χ4v) is 3.01. The van der Waals surface area contributed by atoms with Crippen LogP contribution in [0.25, 0.3) is 5.78 Å². The maximum Gasteiger partial charge on any atom is 0.453 e. The molecule has 0 spiro atoms. The van der Waals surface area contributed by atoms with Crippen molar-refractivity contribution < 1.29 is 18.0 Å². The minimum atomic E-state index is -4.65. The number of nitrogens with one attached hydrogen (secondary N) is 1. The van der Waals surface area contributed by atoms with E-state index in [1.54, 1.807) is 30.9 Å². The zero-order valence-corrected chi connectivity index (χ0v) is 17.2. The van der Waals surface area contributed by atoms with E-state index in [2.05, 4.69) is 25.5 Å². The van der Waals surface area contributed by atoms with Crippen LogP contribution in [0.4, 0.5) is 18.9 Å². The van der Waals surface area contributed by atoms with E-state index in [0.29, 0.717) is 35.6 Å². The first-order valence-electron chi connectivity index (χ1n) is 9.31. The summed E-state index contributed by atoms with van der Waals surface area (Å²) in [6.45, 7) is 4.84. The number of fused-ring (bicyclic) bond motifs is 1. The summed E-state index contributed by atoms with van der Waals surface area (Å²) in [5.41, 5.74) is 2.25. The van der Waals surface area contributed by atoms with Crippen LogP contribution in [-0.4, -0.2) is 60.8 Å². The van der Waals surface area contributed by atoms with Gasteiger partial charge in [-0.05, 0) is 39.9 Å². The standard InChI is InChI=1S/C18H23F3N8O/c1-11-14(12(2)29-17(23-11)25-16(26-29)18(19,20)21)5-6-15(30)24-13-9-22-28(10-13)8-7-27(3)4/h9-10H,5-8H2,1-4H3,(H,24,30). The highest BCUT2D eigenvalue weighted by atomic mass is 19.4. The number of alkyl halides is 3. The van der Waals surface area contributed by atoms with Crippen LogP contribution >= 0.6 is 0 Å². The van der Waals surface area contributed by atoms with Crippen molar-refractivity contribution in [3.05, 3.63) is 35.2 Å². The molecule has 0 aliphatic rings. The molecule has 0 unspecified atom stereocenters. The lowest BCUT2D eigenvalue weighted by atomic mass is 10.1. The van der Waals surface area contributed by atoms with E-state index >= 15 is 0 Å². The average molecular weight is 424 g/mol. The maximum atomic E-state index is 12.9. The zero-order valence-electron chi connectivity index (χ0n) is 17.2. The summed E-state index contributed by atoms with van der Waals surface area (Å²) < 4.78 is 41.5. The summed E-state index contributed by atoms with van der Waals surface area (Å²) in [7, 11) is 3.93. The molecule has 0 saturated carbocycles. The molecule has 0 atom stereocenters. The number of hydrogen-bond acceptors (Lipinski definition) is 6. The van der Waals surface area contributed by atoms with Gasteiger partial charge in [0.15, 0.2) is 0 Å². The number of halogens is 3. The molecule has 1 N–H and O–H groups in total. The molecule has 162 valence electrons. The van der Waals surface area contributed by atoms with Crippen molar-refractivity contribution >= 4 is 17.4 Å². The highest BCUT2D eigenvalue weighted by Crippen LogP contribution is 2.27. The lowest BCUT2D eigenvalue weighted by molar-refractivity contribution is -0.144. The van der Waals surface area contributed by atoms with E-state index in [0.717, 1.165) is 11.1 Å². The Hall–Kier alpha value is -3.02. The van der Waals surface area contributed by atoms with Crippen molar-refractivity contribution in [3.63, 3.8) is 0 Å². The predicted molar refractivity (Wildman–Crippen MR) is 103 cm³/mol. The minimum absolute atomic E-state index is 0.115. The maximum absolute atomic E-state index is 12.9. The zero-order chi connectivity index (χ0) is 22.1. The highest BCUT2D eigenvalue weighted by Gasteiger charge is 2.36. The van der Waals surface area contributed by atoms with Gasteiger partial charge in [0.1, 0.15) is 0 Å². The van der Waals surface area contributed by atoms with Crippen LogP contribution in [-0.2, 0) is 23.9 Å². The molecule has 0 radical (unpaired) electrons. The van der Waals surface area contributed by atoms with Crippen LogP contribution in [0.15, 0.2) is 12.4 Å². The first-order chi connectivity index (χ1) is 14.0. The summed E-state index contributed by atoms with van der Waals surface area (Å²) in [6.07, 6.45) is -0.878. The van der Waals surface area contributed by atoms with Gasteiger partial charge in [0.05, 0.1) is 18.4 Å². The van der Waals surface area contributed by atoms with Gasteiger partial charge in [-0.2, -0.15) is 23.3 Å².